The highest BCUT2D eigenvalue weighted by Crippen LogP contribution is 2.32. The number of nitrogens with one attached hydrogen (secondary N) is 3. The van der Waals surface area contributed by atoms with Gasteiger partial charge in [0.05, 0.1) is 18.7 Å². The molecule has 2 rings (SSSR count). The number of hydrogen-bond acceptors (Lipinski definition) is 3. The molecule has 0 bridgehead atoms. The Balaban J connectivity index is 1.88. The Morgan fingerprint density at radius 2 is 2.04 bits per heavy atom. The first-order valence-electron chi connectivity index (χ1n) is 9.01. The van der Waals surface area contributed by atoms with Gasteiger partial charge in [-0.15, -0.1) is 0 Å². The highest BCUT2D eigenvalue weighted by molar-refractivity contribution is 5.80. The summed E-state index contributed by atoms with van der Waals surface area (Å²) < 4.78 is 5.00. The summed E-state index contributed by atoms with van der Waals surface area (Å²) in [5.74, 6) is 1.25. The van der Waals surface area contributed by atoms with Crippen molar-refractivity contribution in [1.29, 1.82) is 0 Å². The molecule has 0 spiro atoms. The monoisotopic (exact) mass is 346 g/mol. The SMILES string of the molecule is CCOC(=O)NC(CNC(=NC)NC(C)c1ccccc1C)C1CC1. The number of alkyl carbamates (subject to hydrolysis) is 1. The van der Waals surface area contributed by atoms with Crippen molar-refractivity contribution < 1.29 is 9.53 Å². The van der Waals surface area contributed by atoms with Gasteiger partial charge in [0.2, 0.25) is 0 Å². The average molecular weight is 346 g/mol. The molecule has 6 heteroatoms. The summed E-state index contributed by atoms with van der Waals surface area (Å²) in [5.41, 5.74) is 2.49. The maximum absolute atomic E-state index is 11.7. The number of amides is 1. The highest BCUT2D eigenvalue weighted by atomic mass is 16.5. The molecule has 1 fully saturated rings. The Morgan fingerprint density at radius 1 is 1.32 bits per heavy atom. The third-order valence-electron chi connectivity index (χ3n) is 4.49. The molecule has 0 saturated heterocycles. The Bertz CT molecular complexity index is 599. The quantitative estimate of drug-likeness (QED) is 0.524. The van der Waals surface area contributed by atoms with Gasteiger partial charge in [-0.3, -0.25) is 4.99 Å². The second-order valence-corrected chi connectivity index (χ2v) is 6.48. The van der Waals surface area contributed by atoms with Crippen LogP contribution in [-0.4, -0.2) is 38.3 Å². The van der Waals surface area contributed by atoms with Gasteiger partial charge in [-0.2, -0.15) is 0 Å². The first-order valence-corrected chi connectivity index (χ1v) is 9.01. The van der Waals surface area contributed by atoms with E-state index in [1.165, 1.54) is 11.1 Å². The van der Waals surface area contributed by atoms with Crippen LogP contribution in [0, 0.1) is 12.8 Å². The first kappa shape index (κ1) is 19.1. The minimum absolute atomic E-state index is 0.0615. The summed E-state index contributed by atoms with van der Waals surface area (Å²) in [7, 11) is 1.75. The molecule has 1 amide bonds. The molecular weight excluding hydrogens is 316 g/mol. The van der Waals surface area contributed by atoms with Crippen LogP contribution >= 0.6 is 0 Å². The summed E-state index contributed by atoms with van der Waals surface area (Å²) in [4.78, 5) is 16.0. The molecule has 138 valence electrons. The molecule has 1 aliphatic carbocycles. The van der Waals surface area contributed by atoms with Gasteiger partial charge in [0.25, 0.3) is 0 Å². The molecule has 0 heterocycles. The van der Waals surface area contributed by atoms with E-state index in [1.807, 2.05) is 19.1 Å². The van der Waals surface area contributed by atoms with Crippen molar-refractivity contribution in [2.45, 2.75) is 45.7 Å². The van der Waals surface area contributed by atoms with Crippen molar-refractivity contribution in [3.63, 3.8) is 0 Å². The lowest BCUT2D eigenvalue weighted by molar-refractivity contribution is 0.146. The zero-order valence-corrected chi connectivity index (χ0v) is 15.6. The average Bonchev–Trinajstić information content (AvgIpc) is 3.42. The second-order valence-electron chi connectivity index (χ2n) is 6.48. The van der Waals surface area contributed by atoms with Gasteiger partial charge in [0, 0.05) is 13.6 Å². The van der Waals surface area contributed by atoms with Crippen LogP contribution in [0.5, 0.6) is 0 Å². The number of aryl methyl sites for hydroxylation is 1. The van der Waals surface area contributed by atoms with E-state index in [0.717, 1.165) is 18.8 Å². The molecular formula is C19H30N4O2. The van der Waals surface area contributed by atoms with Crippen LogP contribution in [0.4, 0.5) is 4.79 Å². The Morgan fingerprint density at radius 3 is 2.64 bits per heavy atom. The van der Waals surface area contributed by atoms with E-state index in [9.17, 15) is 4.79 Å². The normalized spacial score (nSPS) is 16.7. The smallest absolute Gasteiger partial charge is 0.407 e. The molecule has 2 unspecified atom stereocenters. The summed E-state index contributed by atoms with van der Waals surface area (Å²) in [6.45, 7) is 7.04. The van der Waals surface area contributed by atoms with Crippen LogP contribution in [0.25, 0.3) is 0 Å². The third kappa shape index (κ3) is 5.96. The van der Waals surface area contributed by atoms with Gasteiger partial charge in [0.15, 0.2) is 5.96 Å². The van der Waals surface area contributed by atoms with Crippen molar-refractivity contribution in [3.05, 3.63) is 35.4 Å². The predicted octanol–water partition coefficient (Wildman–Crippen LogP) is 2.75. The number of guanidine groups is 1. The van der Waals surface area contributed by atoms with Crippen molar-refractivity contribution in [3.8, 4) is 0 Å². The predicted molar refractivity (Wildman–Crippen MR) is 101 cm³/mol. The van der Waals surface area contributed by atoms with Gasteiger partial charge in [-0.25, -0.2) is 4.79 Å². The minimum Gasteiger partial charge on any atom is -0.450 e. The summed E-state index contributed by atoms with van der Waals surface area (Å²) in [6, 6.07) is 8.52. The van der Waals surface area contributed by atoms with E-state index in [0.29, 0.717) is 19.1 Å². The molecule has 2 atom stereocenters. The fourth-order valence-electron chi connectivity index (χ4n) is 2.92. The van der Waals surface area contributed by atoms with E-state index in [-0.39, 0.29) is 18.2 Å². The molecule has 1 aromatic carbocycles. The molecule has 0 aromatic heterocycles. The molecule has 3 N–H and O–H groups in total. The van der Waals surface area contributed by atoms with E-state index in [1.54, 1.807) is 7.05 Å². The lowest BCUT2D eigenvalue weighted by atomic mass is 10.0. The van der Waals surface area contributed by atoms with Crippen molar-refractivity contribution in [2.75, 3.05) is 20.2 Å². The molecule has 1 saturated carbocycles. The fraction of sp³-hybridized carbons (Fsp3) is 0.579. The maximum atomic E-state index is 11.7. The number of carbonyl (C=O) groups excluding carboxylic acids is 1. The molecule has 0 aliphatic heterocycles. The van der Waals surface area contributed by atoms with Crippen LogP contribution in [-0.2, 0) is 4.74 Å². The van der Waals surface area contributed by atoms with Gasteiger partial charge in [-0.1, -0.05) is 24.3 Å². The summed E-state index contributed by atoms with van der Waals surface area (Å²) in [6.07, 6.45) is 1.94. The van der Waals surface area contributed by atoms with Gasteiger partial charge in [0.1, 0.15) is 0 Å². The summed E-state index contributed by atoms with van der Waals surface area (Å²) >= 11 is 0. The van der Waals surface area contributed by atoms with Gasteiger partial charge < -0.3 is 20.7 Å². The molecule has 1 aromatic rings. The van der Waals surface area contributed by atoms with Crippen LogP contribution in [0.15, 0.2) is 29.3 Å². The Kier molecular flexibility index (Phi) is 7.10. The van der Waals surface area contributed by atoms with E-state index < -0.39 is 0 Å². The highest BCUT2D eigenvalue weighted by Gasteiger charge is 2.32. The van der Waals surface area contributed by atoms with Crippen molar-refractivity contribution in [1.82, 2.24) is 16.0 Å². The van der Waals surface area contributed by atoms with Crippen molar-refractivity contribution >= 4 is 12.1 Å². The fourth-order valence-corrected chi connectivity index (χ4v) is 2.92. The van der Waals surface area contributed by atoms with Crippen molar-refractivity contribution in [2.24, 2.45) is 10.9 Å². The van der Waals surface area contributed by atoms with Crippen LogP contribution in [0.3, 0.4) is 0 Å². The number of ether oxygens (including phenoxy) is 1. The standard InChI is InChI=1S/C19H30N4O2/c1-5-25-19(24)23-17(15-10-11-15)12-21-18(20-4)22-14(3)16-9-7-6-8-13(16)2/h6-9,14-15,17H,5,10-12H2,1-4H3,(H,23,24)(H2,20,21,22). The zero-order valence-electron chi connectivity index (χ0n) is 15.6. The molecule has 6 nitrogen and oxygen atoms in total. The molecule has 1 aliphatic rings. The largest absolute Gasteiger partial charge is 0.450 e. The Labute approximate surface area is 150 Å². The number of rotatable bonds is 7. The van der Waals surface area contributed by atoms with E-state index >= 15 is 0 Å². The Hall–Kier alpha value is -2.24. The van der Waals surface area contributed by atoms with E-state index in [4.69, 9.17) is 4.74 Å². The zero-order chi connectivity index (χ0) is 18.2. The van der Waals surface area contributed by atoms with Gasteiger partial charge in [-0.05, 0) is 50.7 Å². The van der Waals surface area contributed by atoms with Crippen LogP contribution in [0.2, 0.25) is 0 Å². The number of hydrogen-bond donors (Lipinski definition) is 3. The number of nitrogens with zero attached hydrogens (tertiary/aromatic N) is 1. The van der Waals surface area contributed by atoms with E-state index in [2.05, 4.69) is 46.9 Å². The topological polar surface area (TPSA) is 74.8 Å². The second kappa shape index (κ2) is 9.30. The number of carbonyl (C=O) groups is 1. The minimum atomic E-state index is -0.350. The lowest BCUT2D eigenvalue weighted by Crippen LogP contribution is -2.48. The first-order chi connectivity index (χ1) is 12.0. The number of aliphatic imine (C=N–C) groups is 1. The third-order valence-corrected chi connectivity index (χ3v) is 4.49. The summed E-state index contributed by atoms with van der Waals surface area (Å²) in [5, 5.41) is 9.69. The number of benzene rings is 1. The lowest BCUT2D eigenvalue weighted by Gasteiger charge is -2.23. The molecule has 25 heavy (non-hydrogen) atoms. The van der Waals surface area contributed by atoms with Crippen LogP contribution in [0.1, 0.15) is 43.9 Å². The maximum Gasteiger partial charge on any atom is 0.407 e. The van der Waals surface area contributed by atoms with Crippen LogP contribution < -0.4 is 16.0 Å². The molecule has 0 radical (unpaired) electrons. The van der Waals surface area contributed by atoms with Gasteiger partial charge >= 0.3 is 6.09 Å².